The van der Waals surface area contributed by atoms with E-state index in [1.807, 2.05) is 0 Å². The van der Waals surface area contributed by atoms with Crippen LogP contribution in [0.4, 0.5) is 10.5 Å². The van der Waals surface area contributed by atoms with Crippen LogP contribution in [0, 0.1) is 10.1 Å². The fourth-order valence-corrected chi connectivity index (χ4v) is 4.37. The van der Waals surface area contributed by atoms with Crippen molar-refractivity contribution in [1.82, 2.24) is 4.90 Å². The number of para-hydroxylation sites is 1. The quantitative estimate of drug-likeness (QED) is 0.132. The molecular weight excluding hydrogens is 500 g/mol. The smallest absolute Gasteiger partial charge is 0.343 e. The van der Waals surface area contributed by atoms with Crippen molar-refractivity contribution in [2.75, 3.05) is 14.2 Å². The van der Waals surface area contributed by atoms with Crippen molar-refractivity contribution in [3.05, 3.63) is 98.4 Å². The summed E-state index contributed by atoms with van der Waals surface area (Å²) < 4.78 is 15.9. The summed E-state index contributed by atoms with van der Waals surface area (Å²) in [5, 5.41) is 10.7. The first-order valence-electron chi connectivity index (χ1n) is 10.8. The molecule has 1 fully saturated rings. The normalized spacial score (nSPS) is 14.1. The number of imide groups is 1. The van der Waals surface area contributed by atoms with Crippen molar-refractivity contribution >= 4 is 40.6 Å². The number of nitrogens with zero attached hydrogens (tertiary/aromatic N) is 2. The second-order valence-electron chi connectivity index (χ2n) is 7.68. The molecule has 4 rings (SSSR count). The summed E-state index contributed by atoms with van der Waals surface area (Å²) in [7, 11) is 2.94. The third kappa shape index (κ3) is 5.62. The van der Waals surface area contributed by atoms with Gasteiger partial charge in [-0.1, -0.05) is 24.3 Å². The van der Waals surface area contributed by atoms with Crippen LogP contribution >= 0.6 is 11.8 Å². The SMILES string of the molecule is COc1ccc(C(=O)Oc2cc(/C=C3\SC(=O)N(Cc4ccccc4[N+](=O)[O-])C3=O)ccc2OC)cc1. The van der Waals surface area contributed by atoms with Gasteiger partial charge in [0.1, 0.15) is 5.75 Å². The number of rotatable bonds is 8. The number of methoxy groups -OCH3 is 2. The Labute approximate surface area is 215 Å². The summed E-state index contributed by atoms with van der Waals surface area (Å²) >= 11 is 0.718. The lowest BCUT2D eigenvalue weighted by Crippen LogP contribution is -2.27. The Morgan fingerprint density at radius 2 is 1.73 bits per heavy atom. The number of thioether (sulfide) groups is 1. The monoisotopic (exact) mass is 520 g/mol. The average molecular weight is 521 g/mol. The van der Waals surface area contributed by atoms with Crippen LogP contribution in [0.15, 0.2) is 71.6 Å². The lowest BCUT2D eigenvalue weighted by molar-refractivity contribution is -0.385. The van der Waals surface area contributed by atoms with Crippen LogP contribution in [0.1, 0.15) is 21.5 Å². The number of carbonyl (C=O) groups excluding carboxylic acids is 3. The van der Waals surface area contributed by atoms with Crippen LogP contribution in [-0.4, -0.2) is 41.2 Å². The minimum atomic E-state index is -0.622. The van der Waals surface area contributed by atoms with Gasteiger partial charge in [-0.05, 0) is 59.8 Å². The van der Waals surface area contributed by atoms with E-state index in [1.54, 1.807) is 42.5 Å². The maximum atomic E-state index is 13.0. The molecule has 37 heavy (non-hydrogen) atoms. The molecule has 0 aromatic heterocycles. The predicted molar refractivity (Wildman–Crippen MR) is 136 cm³/mol. The molecule has 1 saturated heterocycles. The molecule has 0 unspecified atom stereocenters. The number of benzene rings is 3. The fraction of sp³-hybridized carbons (Fsp3) is 0.115. The summed E-state index contributed by atoms with van der Waals surface area (Å²) in [4.78, 5) is 49.9. The molecule has 3 aromatic rings. The molecule has 0 aliphatic carbocycles. The van der Waals surface area contributed by atoms with E-state index in [9.17, 15) is 24.5 Å². The van der Waals surface area contributed by atoms with E-state index in [1.165, 1.54) is 44.6 Å². The third-order valence-electron chi connectivity index (χ3n) is 5.40. The molecule has 1 heterocycles. The molecule has 0 saturated carbocycles. The number of hydrogen-bond acceptors (Lipinski definition) is 9. The second kappa shape index (κ2) is 11.0. The highest BCUT2D eigenvalue weighted by Gasteiger charge is 2.36. The van der Waals surface area contributed by atoms with Gasteiger partial charge in [0.2, 0.25) is 0 Å². The van der Waals surface area contributed by atoms with E-state index in [0.717, 1.165) is 16.7 Å². The first-order valence-corrected chi connectivity index (χ1v) is 11.6. The first kappa shape index (κ1) is 25.5. The largest absolute Gasteiger partial charge is 0.497 e. The van der Waals surface area contributed by atoms with Gasteiger partial charge < -0.3 is 14.2 Å². The molecule has 188 valence electrons. The zero-order chi connectivity index (χ0) is 26.5. The number of nitro benzene ring substituents is 1. The Kier molecular flexibility index (Phi) is 7.54. The van der Waals surface area contributed by atoms with Gasteiger partial charge in [0.15, 0.2) is 11.5 Å². The maximum absolute atomic E-state index is 13.0. The molecule has 3 aromatic carbocycles. The standard InChI is InChI=1S/C26H20N2O8S/c1-34-19-10-8-17(9-11-19)25(30)36-22-13-16(7-12-21(22)35-2)14-23-24(29)27(26(31)37-23)15-18-5-3-4-6-20(18)28(32)33/h3-14H,15H2,1-2H3/b23-14-. The summed E-state index contributed by atoms with van der Waals surface area (Å²) in [6, 6.07) is 17.0. The minimum absolute atomic E-state index is 0.121. The molecule has 0 spiro atoms. The highest BCUT2D eigenvalue weighted by Crippen LogP contribution is 2.36. The van der Waals surface area contributed by atoms with Gasteiger partial charge in [0.25, 0.3) is 16.8 Å². The van der Waals surface area contributed by atoms with Crippen molar-refractivity contribution in [1.29, 1.82) is 0 Å². The van der Waals surface area contributed by atoms with E-state index >= 15 is 0 Å². The van der Waals surface area contributed by atoms with Crippen LogP contribution in [0.3, 0.4) is 0 Å². The Morgan fingerprint density at radius 1 is 1.00 bits per heavy atom. The molecule has 11 heteroatoms. The molecule has 0 bridgehead atoms. The van der Waals surface area contributed by atoms with Crippen molar-refractivity contribution in [2.24, 2.45) is 0 Å². The molecule has 1 aliphatic rings. The fourth-order valence-electron chi connectivity index (χ4n) is 3.53. The van der Waals surface area contributed by atoms with Gasteiger partial charge in [-0.3, -0.25) is 24.6 Å². The highest BCUT2D eigenvalue weighted by atomic mass is 32.2. The minimum Gasteiger partial charge on any atom is -0.497 e. The van der Waals surface area contributed by atoms with Gasteiger partial charge >= 0.3 is 5.97 Å². The van der Waals surface area contributed by atoms with Gasteiger partial charge in [-0.15, -0.1) is 0 Å². The number of amides is 2. The Morgan fingerprint density at radius 3 is 2.41 bits per heavy atom. The van der Waals surface area contributed by atoms with Crippen LogP contribution in [0.2, 0.25) is 0 Å². The van der Waals surface area contributed by atoms with E-state index < -0.39 is 22.0 Å². The van der Waals surface area contributed by atoms with Crippen molar-refractivity contribution in [2.45, 2.75) is 6.54 Å². The Hall–Kier alpha value is -4.64. The van der Waals surface area contributed by atoms with Crippen molar-refractivity contribution in [3.63, 3.8) is 0 Å². The van der Waals surface area contributed by atoms with Crippen molar-refractivity contribution in [3.8, 4) is 17.2 Å². The third-order valence-corrected chi connectivity index (χ3v) is 6.31. The average Bonchev–Trinajstić information content (AvgIpc) is 3.16. The van der Waals surface area contributed by atoms with E-state index in [0.29, 0.717) is 22.6 Å². The number of carbonyl (C=O) groups is 3. The molecule has 0 atom stereocenters. The summed E-state index contributed by atoms with van der Waals surface area (Å²) in [5.74, 6) is -0.199. The summed E-state index contributed by atoms with van der Waals surface area (Å²) in [6.07, 6.45) is 1.48. The molecule has 1 aliphatic heterocycles. The topological polar surface area (TPSA) is 125 Å². The summed E-state index contributed by atoms with van der Waals surface area (Å²) in [5.41, 5.74) is 0.844. The lowest BCUT2D eigenvalue weighted by atomic mass is 10.1. The van der Waals surface area contributed by atoms with Crippen LogP contribution in [0.5, 0.6) is 17.2 Å². The van der Waals surface area contributed by atoms with Gasteiger partial charge in [-0.25, -0.2) is 4.79 Å². The number of esters is 1. The van der Waals surface area contributed by atoms with Crippen molar-refractivity contribution < 1.29 is 33.5 Å². The Bertz CT molecular complexity index is 1420. The summed E-state index contributed by atoms with van der Waals surface area (Å²) in [6.45, 7) is -0.230. The van der Waals surface area contributed by atoms with Gasteiger partial charge in [0.05, 0.1) is 36.2 Å². The van der Waals surface area contributed by atoms with Crippen LogP contribution in [0.25, 0.3) is 6.08 Å². The first-order chi connectivity index (χ1) is 17.8. The predicted octanol–water partition coefficient (Wildman–Crippen LogP) is 5.07. The van der Waals surface area contributed by atoms with E-state index in [4.69, 9.17) is 14.2 Å². The second-order valence-corrected chi connectivity index (χ2v) is 8.68. The number of ether oxygens (including phenoxy) is 3. The Balaban J connectivity index is 1.56. The molecule has 0 radical (unpaired) electrons. The highest BCUT2D eigenvalue weighted by molar-refractivity contribution is 8.18. The number of hydrogen-bond donors (Lipinski definition) is 0. The van der Waals surface area contributed by atoms with Gasteiger partial charge in [0, 0.05) is 11.6 Å². The lowest BCUT2D eigenvalue weighted by Gasteiger charge is -2.12. The zero-order valence-electron chi connectivity index (χ0n) is 19.7. The maximum Gasteiger partial charge on any atom is 0.343 e. The number of nitro groups is 1. The van der Waals surface area contributed by atoms with E-state index in [-0.39, 0.29) is 28.5 Å². The molecule has 10 nitrogen and oxygen atoms in total. The van der Waals surface area contributed by atoms with Crippen LogP contribution in [-0.2, 0) is 11.3 Å². The van der Waals surface area contributed by atoms with E-state index in [2.05, 4.69) is 0 Å². The van der Waals surface area contributed by atoms with Crippen LogP contribution < -0.4 is 14.2 Å². The zero-order valence-corrected chi connectivity index (χ0v) is 20.5. The van der Waals surface area contributed by atoms with Gasteiger partial charge in [-0.2, -0.15) is 0 Å². The molecular formula is C26H20N2O8S. The molecule has 0 N–H and O–H groups in total. The molecule has 2 amide bonds.